The second-order valence-electron chi connectivity index (χ2n) is 8.44. The molecule has 1 aliphatic rings. The van der Waals surface area contributed by atoms with Gasteiger partial charge in [0, 0.05) is 32.2 Å². The summed E-state index contributed by atoms with van der Waals surface area (Å²) >= 11 is 0. The zero-order chi connectivity index (χ0) is 20.4. The molecule has 0 amide bonds. The average molecular weight is 399 g/mol. The minimum Gasteiger partial charge on any atom is -0.301 e. The Hall–Kier alpha value is -2.42. The average Bonchev–Trinajstić information content (AvgIpc) is 2.83. The summed E-state index contributed by atoms with van der Waals surface area (Å²) in [6.07, 6.45) is 4.86. The molecular formula is C28H34N2. The first-order valence-electron chi connectivity index (χ1n) is 11.5. The molecule has 0 aliphatic carbocycles. The molecule has 0 saturated carbocycles. The molecule has 156 valence electrons. The van der Waals surface area contributed by atoms with Crippen molar-refractivity contribution in [2.24, 2.45) is 0 Å². The van der Waals surface area contributed by atoms with Gasteiger partial charge in [0.25, 0.3) is 0 Å². The van der Waals surface area contributed by atoms with Crippen molar-refractivity contribution in [1.29, 1.82) is 0 Å². The summed E-state index contributed by atoms with van der Waals surface area (Å²) in [5.74, 6) is 0. The molecule has 1 heterocycles. The summed E-state index contributed by atoms with van der Waals surface area (Å²) in [7, 11) is 0. The highest BCUT2D eigenvalue weighted by Crippen LogP contribution is 2.26. The van der Waals surface area contributed by atoms with E-state index in [9.17, 15) is 0 Å². The maximum Gasteiger partial charge on any atom is 0.0389 e. The van der Waals surface area contributed by atoms with E-state index in [1.54, 1.807) is 0 Å². The molecule has 3 aromatic carbocycles. The fourth-order valence-electron chi connectivity index (χ4n) is 4.58. The zero-order valence-corrected chi connectivity index (χ0v) is 18.0. The van der Waals surface area contributed by atoms with Crippen molar-refractivity contribution in [2.45, 2.75) is 31.7 Å². The van der Waals surface area contributed by atoms with E-state index < -0.39 is 0 Å². The number of nitrogens with zero attached hydrogens (tertiary/aromatic N) is 2. The van der Waals surface area contributed by atoms with Crippen LogP contribution in [0, 0.1) is 0 Å². The highest BCUT2D eigenvalue weighted by atomic mass is 15.3. The molecule has 1 aliphatic heterocycles. The Balaban J connectivity index is 1.28. The highest BCUT2D eigenvalue weighted by Gasteiger charge is 2.25. The first-order chi connectivity index (χ1) is 14.9. The van der Waals surface area contributed by atoms with Crippen LogP contribution in [0.3, 0.4) is 0 Å². The van der Waals surface area contributed by atoms with E-state index in [0.29, 0.717) is 6.04 Å². The normalized spacial score (nSPS) is 16.4. The minimum absolute atomic E-state index is 0.467. The topological polar surface area (TPSA) is 6.48 Å². The Labute approximate surface area is 182 Å². The molecule has 2 heteroatoms. The quantitative estimate of drug-likeness (QED) is 0.432. The van der Waals surface area contributed by atoms with E-state index >= 15 is 0 Å². The molecule has 3 aromatic rings. The summed E-state index contributed by atoms with van der Waals surface area (Å²) in [5, 5.41) is 0. The van der Waals surface area contributed by atoms with Crippen molar-refractivity contribution in [3.8, 4) is 0 Å². The van der Waals surface area contributed by atoms with Gasteiger partial charge in [0.1, 0.15) is 0 Å². The number of unbranched alkanes of at least 4 members (excludes halogenated alkanes) is 1. The van der Waals surface area contributed by atoms with Crippen LogP contribution in [0.5, 0.6) is 0 Å². The van der Waals surface area contributed by atoms with Crippen LogP contribution < -0.4 is 0 Å². The Morgan fingerprint density at radius 2 is 1.17 bits per heavy atom. The number of hydrogen-bond donors (Lipinski definition) is 0. The molecule has 2 nitrogen and oxygen atoms in total. The monoisotopic (exact) mass is 398 g/mol. The number of aryl methyl sites for hydroxylation is 1. The van der Waals surface area contributed by atoms with Gasteiger partial charge in [-0.1, -0.05) is 91.0 Å². The molecule has 1 fully saturated rings. The van der Waals surface area contributed by atoms with Crippen molar-refractivity contribution in [3.05, 3.63) is 108 Å². The van der Waals surface area contributed by atoms with Crippen LogP contribution in [0.25, 0.3) is 0 Å². The van der Waals surface area contributed by atoms with Crippen molar-refractivity contribution in [3.63, 3.8) is 0 Å². The number of piperazine rings is 1. The Morgan fingerprint density at radius 3 is 1.80 bits per heavy atom. The molecule has 0 spiro atoms. The maximum absolute atomic E-state index is 2.70. The van der Waals surface area contributed by atoms with Crippen LogP contribution in [0.1, 0.15) is 35.6 Å². The summed E-state index contributed by atoms with van der Waals surface area (Å²) < 4.78 is 0. The van der Waals surface area contributed by atoms with E-state index in [1.807, 2.05) is 0 Å². The highest BCUT2D eigenvalue weighted by molar-refractivity contribution is 5.24. The lowest BCUT2D eigenvalue weighted by Crippen LogP contribution is -2.48. The van der Waals surface area contributed by atoms with E-state index in [4.69, 9.17) is 0 Å². The second kappa shape index (κ2) is 11.1. The van der Waals surface area contributed by atoms with Gasteiger partial charge in [0.2, 0.25) is 0 Å². The summed E-state index contributed by atoms with van der Waals surface area (Å²) in [5.41, 5.74) is 4.33. The fraction of sp³-hybridized carbons (Fsp3) is 0.357. The van der Waals surface area contributed by atoms with Crippen LogP contribution in [0.4, 0.5) is 0 Å². The third kappa shape index (κ3) is 6.04. The van der Waals surface area contributed by atoms with Gasteiger partial charge in [-0.15, -0.1) is 0 Å². The molecule has 1 saturated heterocycles. The SMILES string of the molecule is c1ccc(CCCCN2CCN([C@H](Cc3ccccc3)c3ccccc3)CC2)cc1. The first kappa shape index (κ1) is 20.8. The zero-order valence-electron chi connectivity index (χ0n) is 18.0. The van der Waals surface area contributed by atoms with Gasteiger partial charge in [0.05, 0.1) is 0 Å². The molecule has 0 N–H and O–H groups in total. The summed E-state index contributed by atoms with van der Waals surface area (Å²) in [4.78, 5) is 5.36. The smallest absolute Gasteiger partial charge is 0.0389 e. The van der Waals surface area contributed by atoms with Crippen LogP contribution >= 0.6 is 0 Å². The lowest BCUT2D eigenvalue weighted by Gasteiger charge is -2.39. The van der Waals surface area contributed by atoms with E-state index in [-0.39, 0.29) is 0 Å². The fourth-order valence-corrected chi connectivity index (χ4v) is 4.58. The molecule has 30 heavy (non-hydrogen) atoms. The van der Waals surface area contributed by atoms with E-state index in [2.05, 4.69) is 101 Å². The van der Waals surface area contributed by atoms with Gasteiger partial charge in [-0.25, -0.2) is 0 Å². The maximum atomic E-state index is 2.70. The molecular weight excluding hydrogens is 364 g/mol. The van der Waals surface area contributed by atoms with Crippen molar-refractivity contribution < 1.29 is 0 Å². The van der Waals surface area contributed by atoms with Crippen LogP contribution in [-0.4, -0.2) is 42.5 Å². The molecule has 0 aromatic heterocycles. The number of hydrogen-bond acceptors (Lipinski definition) is 2. The summed E-state index contributed by atoms with van der Waals surface area (Å²) in [6, 6.07) is 33.4. The minimum atomic E-state index is 0.467. The standard InChI is InChI=1S/C28H34N2/c1-4-12-25(13-5-1)14-10-11-19-29-20-22-30(23-21-29)28(27-17-8-3-9-18-27)24-26-15-6-2-7-16-26/h1-9,12-13,15-18,28H,10-11,14,19-24H2/t28-/m1/s1. The molecule has 4 rings (SSSR count). The van der Waals surface area contributed by atoms with Gasteiger partial charge in [-0.3, -0.25) is 4.90 Å². The molecule has 0 bridgehead atoms. The van der Waals surface area contributed by atoms with Crippen molar-refractivity contribution in [1.82, 2.24) is 9.80 Å². The Bertz CT molecular complexity index is 840. The lowest BCUT2D eigenvalue weighted by atomic mass is 9.96. The predicted molar refractivity (Wildman–Crippen MR) is 127 cm³/mol. The van der Waals surface area contributed by atoms with Crippen LogP contribution in [-0.2, 0) is 12.8 Å². The third-order valence-electron chi connectivity index (χ3n) is 6.34. The Morgan fingerprint density at radius 1 is 0.600 bits per heavy atom. The van der Waals surface area contributed by atoms with Crippen LogP contribution in [0.15, 0.2) is 91.0 Å². The molecule has 1 atom stereocenters. The van der Waals surface area contributed by atoms with E-state index in [0.717, 1.165) is 19.5 Å². The van der Waals surface area contributed by atoms with E-state index in [1.165, 1.54) is 55.6 Å². The van der Waals surface area contributed by atoms with Crippen molar-refractivity contribution >= 4 is 0 Å². The van der Waals surface area contributed by atoms with Gasteiger partial charge in [-0.05, 0) is 48.9 Å². The summed E-state index contributed by atoms with van der Waals surface area (Å²) in [6.45, 7) is 5.92. The third-order valence-corrected chi connectivity index (χ3v) is 6.34. The van der Waals surface area contributed by atoms with Gasteiger partial charge in [-0.2, -0.15) is 0 Å². The largest absolute Gasteiger partial charge is 0.301 e. The van der Waals surface area contributed by atoms with Crippen LogP contribution in [0.2, 0.25) is 0 Å². The predicted octanol–water partition coefficient (Wildman–Crippen LogP) is 5.61. The first-order valence-corrected chi connectivity index (χ1v) is 11.5. The van der Waals surface area contributed by atoms with Gasteiger partial charge in [0.15, 0.2) is 0 Å². The number of rotatable bonds is 9. The second-order valence-corrected chi connectivity index (χ2v) is 8.44. The molecule has 0 unspecified atom stereocenters. The van der Waals surface area contributed by atoms with Gasteiger partial charge >= 0.3 is 0 Å². The van der Waals surface area contributed by atoms with Crippen molar-refractivity contribution in [2.75, 3.05) is 32.7 Å². The Kier molecular flexibility index (Phi) is 7.71. The number of benzene rings is 3. The van der Waals surface area contributed by atoms with Gasteiger partial charge < -0.3 is 4.90 Å². The molecule has 0 radical (unpaired) electrons. The lowest BCUT2D eigenvalue weighted by molar-refractivity contribution is 0.0943.